The lowest BCUT2D eigenvalue weighted by molar-refractivity contribution is 0.102. The molecule has 2 aromatic rings. The Labute approximate surface area is 115 Å². The van der Waals surface area contributed by atoms with Gasteiger partial charge in [0.1, 0.15) is 0 Å². The number of hydrogen-bond acceptors (Lipinski definition) is 5. The van der Waals surface area contributed by atoms with Crippen molar-refractivity contribution in [2.75, 3.05) is 11.6 Å². The van der Waals surface area contributed by atoms with Gasteiger partial charge in [-0.05, 0) is 24.5 Å². The van der Waals surface area contributed by atoms with E-state index in [0.29, 0.717) is 10.7 Å². The number of anilines is 1. The Hall–Kier alpha value is -0.920. The predicted molar refractivity (Wildman–Crippen MR) is 73.8 cm³/mol. The molecule has 88 valence electrons. The molecule has 0 fully saturated rings. The average Bonchev–Trinajstić information content (AvgIpc) is 2.77. The van der Waals surface area contributed by atoms with Gasteiger partial charge in [-0.2, -0.15) is 0 Å². The van der Waals surface area contributed by atoms with Crippen LogP contribution in [0.3, 0.4) is 0 Å². The number of halogens is 1. The van der Waals surface area contributed by atoms with Crippen LogP contribution in [0.15, 0.2) is 33.1 Å². The fourth-order valence-electron chi connectivity index (χ4n) is 1.14. The zero-order chi connectivity index (χ0) is 12.3. The van der Waals surface area contributed by atoms with E-state index in [0.717, 1.165) is 8.81 Å². The van der Waals surface area contributed by atoms with Crippen molar-refractivity contribution in [1.29, 1.82) is 0 Å². The van der Waals surface area contributed by atoms with Crippen molar-refractivity contribution in [3.8, 4) is 0 Å². The van der Waals surface area contributed by atoms with Crippen molar-refractivity contribution in [3.05, 3.63) is 34.3 Å². The molecule has 17 heavy (non-hydrogen) atoms. The summed E-state index contributed by atoms with van der Waals surface area (Å²) in [5, 5.41) is 11.0. The van der Waals surface area contributed by atoms with Crippen LogP contribution in [0.5, 0.6) is 0 Å². The Kier molecular flexibility index (Phi) is 4.14. The average molecular weight is 330 g/mol. The molecule has 1 aromatic carbocycles. The van der Waals surface area contributed by atoms with Crippen LogP contribution in [-0.4, -0.2) is 22.4 Å². The third kappa shape index (κ3) is 3.27. The molecule has 0 saturated carbocycles. The Morgan fingerprint density at radius 3 is 2.94 bits per heavy atom. The molecule has 1 amide bonds. The Morgan fingerprint density at radius 2 is 2.29 bits per heavy atom. The molecule has 0 saturated heterocycles. The number of carbonyl (C=O) groups excluding carboxylic acids is 1. The molecule has 1 heterocycles. The van der Waals surface area contributed by atoms with E-state index < -0.39 is 0 Å². The molecule has 0 atom stereocenters. The molecule has 7 heteroatoms. The van der Waals surface area contributed by atoms with Gasteiger partial charge in [-0.3, -0.25) is 10.1 Å². The summed E-state index contributed by atoms with van der Waals surface area (Å²) in [5.74, 6) is -0.185. The second kappa shape index (κ2) is 5.61. The number of hydrogen-bond donors (Lipinski definition) is 1. The van der Waals surface area contributed by atoms with Gasteiger partial charge in [-0.15, -0.1) is 10.2 Å². The van der Waals surface area contributed by atoms with Crippen LogP contribution in [0, 0.1) is 0 Å². The molecule has 0 aliphatic carbocycles. The predicted octanol–water partition coefficient (Wildman–Crippen LogP) is 3.27. The zero-order valence-electron chi connectivity index (χ0n) is 8.81. The first kappa shape index (κ1) is 12.5. The normalized spacial score (nSPS) is 10.2. The summed E-state index contributed by atoms with van der Waals surface area (Å²) in [4.78, 5) is 11.9. The van der Waals surface area contributed by atoms with E-state index in [-0.39, 0.29) is 5.91 Å². The SMILES string of the molecule is CSc1nnc(NC(=O)c2cccc(Br)c2)s1. The monoisotopic (exact) mass is 329 g/mol. The summed E-state index contributed by atoms with van der Waals surface area (Å²) in [7, 11) is 0. The minimum Gasteiger partial charge on any atom is -0.296 e. The topological polar surface area (TPSA) is 54.9 Å². The first-order chi connectivity index (χ1) is 8.19. The van der Waals surface area contributed by atoms with Gasteiger partial charge < -0.3 is 0 Å². The fraction of sp³-hybridized carbons (Fsp3) is 0.100. The maximum atomic E-state index is 11.9. The first-order valence-electron chi connectivity index (χ1n) is 4.63. The van der Waals surface area contributed by atoms with Gasteiger partial charge in [0.25, 0.3) is 5.91 Å². The quantitative estimate of drug-likeness (QED) is 0.693. The molecule has 0 aliphatic heterocycles. The lowest BCUT2D eigenvalue weighted by atomic mass is 10.2. The number of carbonyl (C=O) groups is 1. The molecule has 2 rings (SSSR count). The number of benzene rings is 1. The summed E-state index contributed by atoms with van der Waals surface area (Å²) in [6.45, 7) is 0. The van der Waals surface area contributed by atoms with Crippen molar-refractivity contribution < 1.29 is 4.79 Å². The van der Waals surface area contributed by atoms with Gasteiger partial charge in [-0.25, -0.2) is 0 Å². The van der Waals surface area contributed by atoms with Gasteiger partial charge >= 0.3 is 0 Å². The third-order valence-corrected chi connectivity index (χ3v) is 4.20. The van der Waals surface area contributed by atoms with E-state index in [9.17, 15) is 4.79 Å². The summed E-state index contributed by atoms with van der Waals surface area (Å²) in [5.41, 5.74) is 0.584. The van der Waals surface area contributed by atoms with E-state index in [2.05, 4.69) is 31.4 Å². The molecule has 4 nitrogen and oxygen atoms in total. The summed E-state index contributed by atoms with van der Waals surface area (Å²) < 4.78 is 1.70. The summed E-state index contributed by atoms with van der Waals surface area (Å²) >= 11 is 6.18. The van der Waals surface area contributed by atoms with Crippen LogP contribution in [0.4, 0.5) is 5.13 Å². The number of aromatic nitrogens is 2. The molecule has 0 bridgehead atoms. The van der Waals surface area contributed by atoms with Gasteiger partial charge in [0.05, 0.1) is 0 Å². The lowest BCUT2D eigenvalue weighted by Crippen LogP contribution is -2.11. The highest BCUT2D eigenvalue weighted by molar-refractivity contribution is 9.10. The number of nitrogens with one attached hydrogen (secondary N) is 1. The molecule has 0 radical (unpaired) electrons. The van der Waals surface area contributed by atoms with Gasteiger partial charge in [0, 0.05) is 10.0 Å². The highest BCUT2D eigenvalue weighted by Gasteiger charge is 2.09. The van der Waals surface area contributed by atoms with E-state index in [4.69, 9.17) is 0 Å². The molecular weight excluding hydrogens is 322 g/mol. The first-order valence-corrected chi connectivity index (χ1v) is 7.47. The van der Waals surface area contributed by atoms with Crippen molar-refractivity contribution in [2.45, 2.75) is 4.34 Å². The van der Waals surface area contributed by atoms with E-state index in [1.54, 1.807) is 12.1 Å². The smallest absolute Gasteiger partial charge is 0.257 e. The van der Waals surface area contributed by atoms with Crippen LogP contribution in [0.25, 0.3) is 0 Å². The molecular formula is C10H8BrN3OS2. The van der Waals surface area contributed by atoms with E-state index in [1.165, 1.54) is 23.1 Å². The van der Waals surface area contributed by atoms with Crippen molar-refractivity contribution in [3.63, 3.8) is 0 Å². The third-order valence-electron chi connectivity index (χ3n) is 1.89. The van der Waals surface area contributed by atoms with Gasteiger partial charge in [0.2, 0.25) is 5.13 Å². The molecule has 0 spiro atoms. The second-order valence-electron chi connectivity index (χ2n) is 3.04. The van der Waals surface area contributed by atoms with Crippen molar-refractivity contribution in [1.82, 2.24) is 10.2 Å². The van der Waals surface area contributed by atoms with Crippen LogP contribution < -0.4 is 5.32 Å². The second-order valence-corrected chi connectivity index (χ2v) is 5.99. The minimum atomic E-state index is -0.185. The maximum absolute atomic E-state index is 11.9. The minimum absolute atomic E-state index is 0.185. The Balaban J connectivity index is 2.11. The zero-order valence-corrected chi connectivity index (χ0v) is 12.0. The summed E-state index contributed by atoms with van der Waals surface area (Å²) in [6, 6.07) is 7.18. The number of nitrogens with zero attached hydrogens (tertiary/aromatic N) is 2. The number of thioether (sulfide) groups is 1. The Morgan fingerprint density at radius 1 is 1.47 bits per heavy atom. The number of amides is 1. The van der Waals surface area contributed by atoms with Crippen LogP contribution in [0.2, 0.25) is 0 Å². The summed E-state index contributed by atoms with van der Waals surface area (Å²) in [6.07, 6.45) is 1.92. The molecule has 0 unspecified atom stereocenters. The fourth-order valence-corrected chi connectivity index (χ4v) is 2.71. The van der Waals surface area contributed by atoms with Crippen LogP contribution in [0.1, 0.15) is 10.4 Å². The molecule has 1 aromatic heterocycles. The van der Waals surface area contributed by atoms with Crippen LogP contribution >= 0.6 is 39.0 Å². The highest BCUT2D eigenvalue weighted by atomic mass is 79.9. The van der Waals surface area contributed by atoms with Gasteiger partial charge in [0.15, 0.2) is 4.34 Å². The highest BCUT2D eigenvalue weighted by Crippen LogP contribution is 2.23. The number of rotatable bonds is 3. The van der Waals surface area contributed by atoms with E-state index >= 15 is 0 Å². The van der Waals surface area contributed by atoms with Gasteiger partial charge in [-0.1, -0.05) is 45.1 Å². The van der Waals surface area contributed by atoms with Crippen molar-refractivity contribution in [2.24, 2.45) is 0 Å². The standard InChI is InChI=1S/C10H8BrN3OS2/c1-16-10-14-13-9(17-10)12-8(15)6-3-2-4-7(11)5-6/h2-5H,1H3,(H,12,13,15). The molecule has 1 N–H and O–H groups in total. The van der Waals surface area contributed by atoms with Crippen LogP contribution in [-0.2, 0) is 0 Å². The Bertz CT molecular complexity index is 544. The van der Waals surface area contributed by atoms with E-state index in [1.807, 2.05) is 18.4 Å². The lowest BCUT2D eigenvalue weighted by Gasteiger charge is -2.00. The molecule has 0 aliphatic rings. The van der Waals surface area contributed by atoms with Crippen molar-refractivity contribution >= 4 is 50.1 Å². The largest absolute Gasteiger partial charge is 0.296 e. The maximum Gasteiger partial charge on any atom is 0.257 e.